The zero-order chi connectivity index (χ0) is 23.7. The lowest BCUT2D eigenvalue weighted by atomic mass is 10.0. The fourth-order valence-corrected chi connectivity index (χ4v) is 3.57. The molecule has 2 saturated heterocycles. The predicted octanol–water partition coefficient (Wildman–Crippen LogP) is 1.83. The van der Waals surface area contributed by atoms with E-state index >= 15 is 0 Å². The van der Waals surface area contributed by atoms with Gasteiger partial charge in [0.1, 0.15) is 11.6 Å². The molecule has 5 amide bonds. The Balaban J connectivity index is 1.64. The van der Waals surface area contributed by atoms with Gasteiger partial charge < -0.3 is 15.0 Å². The molecule has 11 nitrogen and oxygen atoms in total. The highest BCUT2D eigenvalue weighted by Gasteiger charge is 2.47. The molecule has 0 aromatic heterocycles. The van der Waals surface area contributed by atoms with Crippen molar-refractivity contribution in [1.29, 1.82) is 0 Å². The van der Waals surface area contributed by atoms with Crippen molar-refractivity contribution in [2.45, 2.75) is 90.3 Å². The molecule has 0 aliphatic carbocycles. The van der Waals surface area contributed by atoms with Crippen LogP contribution in [-0.4, -0.2) is 71.3 Å². The van der Waals surface area contributed by atoms with E-state index in [4.69, 9.17) is 9.57 Å². The summed E-state index contributed by atoms with van der Waals surface area (Å²) in [5.74, 6) is -0.742. The lowest BCUT2D eigenvalue weighted by Gasteiger charge is -2.29. The van der Waals surface area contributed by atoms with Crippen molar-refractivity contribution in [3.05, 3.63) is 0 Å². The number of hydrazine groups is 1. The zero-order valence-corrected chi connectivity index (χ0v) is 19.6. The Morgan fingerprint density at radius 3 is 2.53 bits per heavy atom. The quantitative estimate of drug-likeness (QED) is 0.340. The van der Waals surface area contributed by atoms with Crippen molar-refractivity contribution in [2.75, 3.05) is 19.7 Å². The molecule has 32 heavy (non-hydrogen) atoms. The van der Waals surface area contributed by atoms with E-state index in [0.29, 0.717) is 45.4 Å². The number of nitrogens with zero attached hydrogens (tertiary/aromatic N) is 2. The number of hydrogen-bond donors (Lipinski definition) is 3. The molecule has 0 saturated carbocycles. The highest BCUT2D eigenvalue weighted by atomic mass is 16.7. The van der Waals surface area contributed by atoms with E-state index < -0.39 is 23.6 Å². The van der Waals surface area contributed by atoms with Gasteiger partial charge >= 0.3 is 12.1 Å². The topological polar surface area (TPSA) is 129 Å². The summed E-state index contributed by atoms with van der Waals surface area (Å²) in [6.07, 6.45) is 3.87. The second-order valence-electron chi connectivity index (χ2n) is 9.12. The minimum Gasteiger partial charge on any atom is -0.444 e. The van der Waals surface area contributed by atoms with Crippen LogP contribution in [0.1, 0.15) is 72.6 Å². The van der Waals surface area contributed by atoms with Gasteiger partial charge in [0.05, 0.1) is 12.6 Å². The van der Waals surface area contributed by atoms with Gasteiger partial charge in [-0.1, -0.05) is 13.3 Å². The number of rotatable bonds is 10. The third-order valence-electron chi connectivity index (χ3n) is 5.18. The molecule has 2 heterocycles. The molecule has 182 valence electrons. The number of carbonyl (C=O) groups excluding carboxylic acids is 4. The molecule has 2 atom stereocenters. The first kappa shape index (κ1) is 25.7. The lowest BCUT2D eigenvalue weighted by molar-refractivity contribution is -0.132. The molecule has 0 spiro atoms. The first-order valence-electron chi connectivity index (χ1n) is 11.4. The molecule has 2 bridgehead atoms. The van der Waals surface area contributed by atoms with Crippen LogP contribution in [0.3, 0.4) is 0 Å². The number of hydroxylamine groups is 2. The third kappa shape index (κ3) is 7.85. The second-order valence-corrected chi connectivity index (χ2v) is 9.12. The van der Waals surface area contributed by atoms with E-state index in [1.807, 2.05) is 6.92 Å². The number of hydrogen-bond acceptors (Lipinski definition) is 6. The molecule has 0 unspecified atom stereocenters. The lowest BCUT2D eigenvalue weighted by Crippen LogP contribution is -2.54. The Morgan fingerprint density at radius 1 is 1.09 bits per heavy atom. The molecular formula is C21H37N5O6. The number of amides is 5. The maximum Gasteiger partial charge on any atom is 0.407 e. The number of fused-ring (bicyclic) bond motifs is 2. The van der Waals surface area contributed by atoms with Crippen LogP contribution in [0.4, 0.5) is 9.59 Å². The van der Waals surface area contributed by atoms with Gasteiger partial charge in [0, 0.05) is 19.5 Å². The van der Waals surface area contributed by atoms with Crippen LogP contribution in [0.2, 0.25) is 0 Å². The first-order valence-corrected chi connectivity index (χ1v) is 11.4. The number of urea groups is 1. The summed E-state index contributed by atoms with van der Waals surface area (Å²) in [7, 11) is 0. The van der Waals surface area contributed by atoms with Crippen LogP contribution in [0.5, 0.6) is 0 Å². The number of carbonyl (C=O) groups is 4. The average Bonchev–Trinajstić information content (AvgIpc) is 2.95. The largest absolute Gasteiger partial charge is 0.444 e. The van der Waals surface area contributed by atoms with Crippen molar-refractivity contribution < 1.29 is 28.8 Å². The molecule has 0 radical (unpaired) electrons. The van der Waals surface area contributed by atoms with Crippen molar-refractivity contribution >= 4 is 23.9 Å². The molecular weight excluding hydrogens is 418 g/mol. The summed E-state index contributed by atoms with van der Waals surface area (Å²) in [4.78, 5) is 55.8. The maximum atomic E-state index is 12.6. The number of nitrogens with one attached hydrogen (secondary N) is 3. The van der Waals surface area contributed by atoms with Crippen LogP contribution in [-0.2, 0) is 19.2 Å². The Morgan fingerprint density at radius 2 is 1.84 bits per heavy atom. The molecule has 3 N–H and O–H groups in total. The van der Waals surface area contributed by atoms with E-state index in [9.17, 15) is 19.2 Å². The summed E-state index contributed by atoms with van der Waals surface area (Å²) in [6, 6.07) is -0.961. The first-order chi connectivity index (χ1) is 15.1. The van der Waals surface area contributed by atoms with Crippen molar-refractivity contribution in [2.24, 2.45) is 0 Å². The van der Waals surface area contributed by atoms with Crippen LogP contribution in [0.15, 0.2) is 0 Å². The smallest absolute Gasteiger partial charge is 0.407 e. The predicted molar refractivity (Wildman–Crippen MR) is 116 cm³/mol. The third-order valence-corrected chi connectivity index (χ3v) is 5.18. The summed E-state index contributed by atoms with van der Waals surface area (Å²) < 4.78 is 5.13. The van der Waals surface area contributed by atoms with Crippen LogP contribution in [0.25, 0.3) is 0 Å². The van der Waals surface area contributed by atoms with Gasteiger partial charge in [0.25, 0.3) is 5.91 Å². The molecule has 2 aliphatic rings. The highest BCUT2D eigenvalue weighted by molar-refractivity contribution is 5.89. The van der Waals surface area contributed by atoms with Crippen molar-refractivity contribution in [3.8, 4) is 0 Å². The van der Waals surface area contributed by atoms with Gasteiger partial charge in [0.15, 0.2) is 0 Å². The second kappa shape index (κ2) is 11.9. The molecule has 0 aromatic carbocycles. The van der Waals surface area contributed by atoms with Gasteiger partial charge in [-0.15, -0.1) is 0 Å². The number of ether oxygens (including phenoxy) is 1. The van der Waals surface area contributed by atoms with E-state index in [2.05, 4.69) is 16.2 Å². The molecule has 11 heteroatoms. The zero-order valence-electron chi connectivity index (χ0n) is 19.6. The summed E-state index contributed by atoms with van der Waals surface area (Å²) in [6.45, 7) is 8.72. The Kier molecular flexibility index (Phi) is 9.55. The van der Waals surface area contributed by atoms with Gasteiger partial charge in [0.2, 0.25) is 5.91 Å². The normalized spacial score (nSPS) is 20.2. The van der Waals surface area contributed by atoms with E-state index in [1.165, 1.54) is 9.96 Å². The summed E-state index contributed by atoms with van der Waals surface area (Å²) >= 11 is 0. The maximum absolute atomic E-state index is 12.6. The highest BCUT2D eigenvalue weighted by Crippen LogP contribution is 2.30. The summed E-state index contributed by atoms with van der Waals surface area (Å²) in [5, 5.41) is 4.03. The fraction of sp³-hybridized carbons (Fsp3) is 0.810. The Labute approximate surface area is 189 Å². The summed E-state index contributed by atoms with van der Waals surface area (Å²) in [5.41, 5.74) is 4.28. The standard InChI is InChI=1S/C21H37N5O6/c1-5-6-13-31-26-15-10-11-16(25(14-15)20(26)30)18(28)24-23-17(27)9-7-8-12-22-19(29)32-21(2,3)4/h15-16H,5-14H2,1-4H3,(H,22,29)(H,23,27)(H,24,28)/t15-,16-/m0/s1. The Hall–Kier alpha value is -2.56. The van der Waals surface area contributed by atoms with Crippen molar-refractivity contribution in [3.63, 3.8) is 0 Å². The van der Waals surface area contributed by atoms with Gasteiger partial charge in [-0.3, -0.25) is 25.3 Å². The number of piperidine rings is 1. The fourth-order valence-electron chi connectivity index (χ4n) is 3.57. The van der Waals surface area contributed by atoms with E-state index in [-0.39, 0.29) is 24.4 Å². The minimum absolute atomic E-state index is 0.0349. The van der Waals surface area contributed by atoms with Gasteiger partial charge in [-0.2, -0.15) is 5.06 Å². The number of unbranched alkanes of at least 4 members (excludes halogenated alkanes) is 2. The van der Waals surface area contributed by atoms with Crippen molar-refractivity contribution in [1.82, 2.24) is 26.1 Å². The molecule has 2 rings (SSSR count). The van der Waals surface area contributed by atoms with Crippen LogP contribution >= 0.6 is 0 Å². The average molecular weight is 456 g/mol. The minimum atomic E-state index is -0.628. The van der Waals surface area contributed by atoms with Crippen LogP contribution in [0, 0.1) is 0 Å². The van der Waals surface area contributed by atoms with Gasteiger partial charge in [-0.05, 0) is 52.9 Å². The van der Waals surface area contributed by atoms with Crippen LogP contribution < -0.4 is 16.2 Å². The molecule has 2 fully saturated rings. The Bertz CT molecular complexity index is 680. The van der Waals surface area contributed by atoms with E-state index in [0.717, 1.165) is 12.8 Å². The van der Waals surface area contributed by atoms with E-state index in [1.54, 1.807) is 20.8 Å². The monoisotopic (exact) mass is 455 g/mol. The molecule has 2 aliphatic heterocycles. The van der Waals surface area contributed by atoms with Gasteiger partial charge in [-0.25, -0.2) is 9.59 Å². The number of alkyl carbamates (subject to hydrolysis) is 1. The SMILES string of the molecule is CCCCON1C(=O)N2C[C@@H]1CC[C@H]2C(=O)NNC(=O)CCCCNC(=O)OC(C)(C)C. The molecule has 0 aromatic rings.